The van der Waals surface area contributed by atoms with Gasteiger partial charge in [0.2, 0.25) is 0 Å². The number of amides is 1. The molecule has 1 aromatic carbocycles. The van der Waals surface area contributed by atoms with Crippen molar-refractivity contribution in [3.63, 3.8) is 0 Å². The van der Waals surface area contributed by atoms with E-state index in [1.54, 1.807) is 0 Å². The fourth-order valence-corrected chi connectivity index (χ4v) is 1.90. The third kappa shape index (κ3) is 3.47. The quantitative estimate of drug-likeness (QED) is 0.528. The highest BCUT2D eigenvalue weighted by Gasteiger charge is 2.65. The molecule has 0 unspecified atom stereocenters. The number of benzene rings is 1. The van der Waals surface area contributed by atoms with E-state index in [1.165, 1.54) is 7.05 Å². The van der Waals surface area contributed by atoms with Crippen LogP contribution in [-0.4, -0.2) is 25.1 Å². The first kappa shape index (κ1) is 15.5. The lowest BCUT2D eigenvalue weighted by Gasteiger charge is -2.40. The second-order valence-corrected chi connectivity index (χ2v) is 6.11. The molecular weight excluding hydrogens is 295 g/mol. The Hall–Kier alpha value is -1.55. The summed E-state index contributed by atoms with van der Waals surface area (Å²) in [7, 11) is -7.46. The first-order chi connectivity index (χ1) is 8.26. The topological polar surface area (TPSA) is 55.6 Å². The van der Waals surface area contributed by atoms with E-state index in [-0.39, 0.29) is 17.7 Å². The van der Waals surface area contributed by atoms with Crippen LogP contribution in [0.5, 0.6) is 0 Å². The average molecular weight is 306 g/mol. The first-order valence-corrected chi connectivity index (χ1v) is 6.67. The maximum Gasteiger partial charge on any atom is 0.310 e. The summed E-state index contributed by atoms with van der Waals surface area (Å²) in [6.45, 7) is 0. The lowest BCUT2D eigenvalue weighted by Crippen LogP contribution is -2.26. The first-order valence-electron chi connectivity index (χ1n) is 4.72. The summed E-state index contributed by atoms with van der Waals surface area (Å²) in [5.74, 6) is -0.853. The second-order valence-electron chi connectivity index (χ2n) is 3.70. The van der Waals surface area contributed by atoms with Crippen LogP contribution in [0.4, 0.5) is 25.1 Å². The Kier molecular flexibility index (Phi) is 3.04. The Balaban J connectivity index is 3.32. The van der Waals surface area contributed by atoms with Gasteiger partial charge in [0.05, 0.1) is 12.7 Å². The van der Waals surface area contributed by atoms with Gasteiger partial charge in [-0.3, -0.25) is 9.63 Å². The van der Waals surface area contributed by atoms with Crippen molar-refractivity contribution < 1.29 is 29.1 Å². The molecule has 0 bridgehead atoms. The van der Waals surface area contributed by atoms with Gasteiger partial charge < -0.3 is 5.73 Å². The number of hydroxylamine groups is 2. The van der Waals surface area contributed by atoms with Gasteiger partial charge in [-0.05, 0) is 18.2 Å². The Morgan fingerprint density at radius 1 is 1.26 bits per heavy atom. The molecule has 0 fully saturated rings. The number of hydrogen-bond acceptors (Lipinski definition) is 3. The molecule has 0 spiro atoms. The van der Waals surface area contributed by atoms with Crippen molar-refractivity contribution in [2.75, 3.05) is 19.9 Å². The van der Waals surface area contributed by atoms with E-state index in [9.17, 15) is 24.2 Å². The highest BCUT2D eigenvalue weighted by atomic mass is 32.5. The number of hydrogen-bond donors (Lipinski definition) is 1. The predicted octanol–water partition coefficient (Wildman–Crippen LogP) is 3.56. The molecule has 4 nitrogen and oxygen atoms in total. The minimum Gasteiger partial charge on any atom is -0.398 e. The van der Waals surface area contributed by atoms with Crippen molar-refractivity contribution >= 4 is 21.8 Å². The fourth-order valence-electron chi connectivity index (χ4n) is 1.23. The molecule has 0 radical (unpaired) electrons. The maximum atomic E-state index is 12.5. The maximum absolute atomic E-state index is 12.5. The molecule has 0 aliphatic heterocycles. The normalized spacial score (nSPS) is 15.5. The third-order valence-corrected chi connectivity index (χ3v) is 3.40. The largest absolute Gasteiger partial charge is 0.398 e. The van der Waals surface area contributed by atoms with Crippen molar-refractivity contribution in [2.24, 2.45) is 0 Å². The molecule has 1 rings (SSSR count). The van der Waals surface area contributed by atoms with Crippen LogP contribution in [0.3, 0.4) is 0 Å². The Bertz CT molecular complexity index is 531. The van der Waals surface area contributed by atoms with Crippen molar-refractivity contribution in [3.8, 4) is 0 Å². The van der Waals surface area contributed by atoms with E-state index in [1.807, 2.05) is 0 Å². The van der Waals surface area contributed by atoms with E-state index in [0.717, 1.165) is 7.11 Å². The van der Waals surface area contributed by atoms with Crippen molar-refractivity contribution in [3.05, 3.63) is 23.8 Å². The number of carbonyl (C=O) groups is 1. The standard InChI is InChI=1S/C9H11F5N2O2S/c1-16(18-2)9(17)7-4-3-6(5-8(7)15)19(10,11,12,13)14/h3-5H,15H2,1-2H3. The van der Waals surface area contributed by atoms with Gasteiger partial charge >= 0.3 is 10.2 Å². The number of nitrogens with zero attached hydrogens (tertiary/aromatic N) is 1. The average Bonchev–Trinajstić information content (AvgIpc) is 2.23. The molecule has 0 aromatic heterocycles. The smallest absolute Gasteiger partial charge is 0.310 e. The van der Waals surface area contributed by atoms with E-state index in [4.69, 9.17) is 5.73 Å². The number of nitrogen functional groups attached to an aromatic ring is 1. The lowest BCUT2D eigenvalue weighted by atomic mass is 10.1. The van der Waals surface area contributed by atoms with Crippen LogP contribution in [-0.2, 0) is 4.84 Å². The van der Waals surface area contributed by atoms with Gasteiger partial charge in [-0.25, -0.2) is 5.06 Å². The molecule has 0 aliphatic rings. The summed E-state index contributed by atoms with van der Waals surface area (Å²) in [6.07, 6.45) is 0. The minimum absolute atomic E-state index is 0.0400. The molecule has 0 saturated carbocycles. The number of carbonyl (C=O) groups excluding carboxylic acids is 1. The van der Waals surface area contributed by atoms with E-state index >= 15 is 0 Å². The fraction of sp³-hybridized carbons (Fsp3) is 0.222. The monoisotopic (exact) mass is 306 g/mol. The predicted molar refractivity (Wildman–Crippen MR) is 61.4 cm³/mol. The zero-order valence-corrected chi connectivity index (χ0v) is 10.7. The molecule has 0 heterocycles. The molecule has 1 amide bonds. The van der Waals surface area contributed by atoms with Gasteiger partial charge in [0.25, 0.3) is 5.91 Å². The van der Waals surface area contributed by atoms with E-state index in [0.29, 0.717) is 11.1 Å². The van der Waals surface area contributed by atoms with Crippen LogP contribution >= 0.6 is 10.2 Å². The van der Waals surface area contributed by atoms with Gasteiger partial charge in [0.1, 0.15) is 4.90 Å². The summed E-state index contributed by atoms with van der Waals surface area (Å²) in [6, 6.07) is 0.743. The molecule has 10 heteroatoms. The molecular formula is C9H11F5N2O2S. The van der Waals surface area contributed by atoms with Gasteiger partial charge in [-0.1, -0.05) is 19.4 Å². The van der Waals surface area contributed by atoms with E-state index in [2.05, 4.69) is 4.84 Å². The van der Waals surface area contributed by atoms with Crippen LogP contribution in [0.15, 0.2) is 23.1 Å². The Morgan fingerprint density at radius 3 is 2.16 bits per heavy atom. The summed E-state index contributed by atoms with van der Waals surface area (Å²) in [5, 5.41) is 0.700. The zero-order chi connectivity index (χ0) is 15.1. The van der Waals surface area contributed by atoms with Crippen molar-refractivity contribution in [1.29, 1.82) is 0 Å². The summed E-state index contributed by atoms with van der Waals surface area (Å²) >= 11 is 0. The third-order valence-electron chi connectivity index (χ3n) is 2.26. The van der Waals surface area contributed by atoms with Crippen molar-refractivity contribution in [2.45, 2.75) is 4.90 Å². The van der Waals surface area contributed by atoms with Gasteiger partial charge in [0, 0.05) is 12.7 Å². The van der Waals surface area contributed by atoms with Gasteiger partial charge in [-0.2, -0.15) is 0 Å². The van der Waals surface area contributed by atoms with Crippen LogP contribution in [0, 0.1) is 0 Å². The van der Waals surface area contributed by atoms with Crippen molar-refractivity contribution in [1.82, 2.24) is 5.06 Å². The molecule has 0 aliphatic carbocycles. The SMILES string of the molecule is CON(C)C(=O)c1ccc(S(F)(F)(F)(F)F)cc1N. The summed E-state index contributed by atoms with van der Waals surface area (Å²) in [5.41, 5.74) is 4.14. The second kappa shape index (κ2) is 3.73. The highest BCUT2D eigenvalue weighted by Crippen LogP contribution is 3.02. The molecule has 2 N–H and O–H groups in total. The molecule has 110 valence electrons. The number of halogens is 5. The Labute approximate surface area is 105 Å². The van der Waals surface area contributed by atoms with Crippen LogP contribution in [0.2, 0.25) is 0 Å². The van der Waals surface area contributed by atoms with E-state index < -0.39 is 26.7 Å². The number of anilines is 1. The molecule has 0 saturated heterocycles. The van der Waals surface area contributed by atoms with Gasteiger partial charge in [0.15, 0.2) is 0 Å². The molecule has 1 aromatic rings. The van der Waals surface area contributed by atoms with Gasteiger partial charge in [-0.15, -0.1) is 0 Å². The van der Waals surface area contributed by atoms with Crippen LogP contribution in [0.1, 0.15) is 10.4 Å². The summed E-state index contributed by atoms with van der Waals surface area (Å²) in [4.78, 5) is 14.0. The number of nitrogens with two attached hydrogens (primary N) is 1. The minimum atomic E-state index is -9.80. The lowest BCUT2D eigenvalue weighted by molar-refractivity contribution is -0.0756. The van der Waals surface area contributed by atoms with Crippen LogP contribution in [0.25, 0.3) is 0 Å². The molecule has 0 atom stereocenters. The summed E-state index contributed by atoms with van der Waals surface area (Å²) < 4.78 is 62.5. The van der Waals surface area contributed by atoms with Crippen LogP contribution < -0.4 is 5.73 Å². The number of rotatable bonds is 3. The Morgan fingerprint density at radius 2 is 1.79 bits per heavy atom. The zero-order valence-electron chi connectivity index (χ0n) is 9.87. The molecule has 19 heavy (non-hydrogen) atoms. The highest BCUT2D eigenvalue weighted by molar-refractivity contribution is 8.45.